The van der Waals surface area contributed by atoms with Gasteiger partial charge in [0.2, 0.25) is 0 Å². The zero-order valence-corrected chi connectivity index (χ0v) is 12.1. The van der Waals surface area contributed by atoms with E-state index in [4.69, 9.17) is 5.26 Å². The topological polar surface area (TPSA) is 52.9 Å². The fraction of sp³-hybridized carbons (Fsp3) is 0.412. The number of hydrogen-bond acceptors (Lipinski definition) is 2. The Morgan fingerprint density at radius 2 is 2.10 bits per heavy atom. The molecular formula is C17H19FN2O. The summed E-state index contributed by atoms with van der Waals surface area (Å²) >= 11 is 0. The fourth-order valence-electron chi connectivity index (χ4n) is 2.67. The molecule has 1 saturated carbocycles. The number of nitrogens with one attached hydrogen (secondary N) is 1. The van der Waals surface area contributed by atoms with Crippen LogP contribution in [-0.2, 0) is 4.79 Å². The van der Waals surface area contributed by atoms with Gasteiger partial charge in [-0.2, -0.15) is 5.26 Å². The molecule has 0 bridgehead atoms. The molecule has 0 aliphatic heterocycles. The smallest absolute Gasteiger partial charge is 0.262 e. The number of amides is 1. The highest BCUT2D eigenvalue weighted by Crippen LogP contribution is 2.24. The van der Waals surface area contributed by atoms with E-state index in [1.54, 1.807) is 18.2 Å². The summed E-state index contributed by atoms with van der Waals surface area (Å²) in [6.45, 7) is 2.11. The van der Waals surface area contributed by atoms with Crippen LogP contribution >= 0.6 is 0 Å². The third kappa shape index (κ3) is 3.91. The van der Waals surface area contributed by atoms with Crippen molar-refractivity contribution in [3.05, 3.63) is 41.2 Å². The molecule has 0 radical (unpaired) electrons. The number of carbonyl (C=O) groups is 1. The quantitative estimate of drug-likeness (QED) is 0.683. The third-order valence-electron chi connectivity index (χ3n) is 4.00. The maximum atomic E-state index is 13.6. The molecule has 1 fully saturated rings. The van der Waals surface area contributed by atoms with Gasteiger partial charge in [0, 0.05) is 11.6 Å². The van der Waals surface area contributed by atoms with Crippen LogP contribution < -0.4 is 5.32 Å². The molecule has 21 heavy (non-hydrogen) atoms. The second kappa shape index (κ2) is 7.03. The highest BCUT2D eigenvalue weighted by Gasteiger charge is 2.24. The Bertz CT molecular complexity index is 589. The molecule has 1 aromatic rings. The van der Waals surface area contributed by atoms with E-state index >= 15 is 0 Å². The third-order valence-corrected chi connectivity index (χ3v) is 4.00. The van der Waals surface area contributed by atoms with E-state index in [9.17, 15) is 9.18 Å². The van der Waals surface area contributed by atoms with Crippen LogP contribution in [0.25, 0.3) is 6.08 Å². The summed E-state index contributed by atoms with van der Waals surface area (Å²) in [6.07, 6.45) is 5.60. The summed E-state index contributed by atoms with van der Waals surface area (Å²) in [5.41, 5.74) is 0.193. The lowest BCUT2D eigenvalue weighted by atomic mass is 9.86. The molecule has 110 valence electrons. The van der Waals surface area contributed by atoms with Gasteiger partial charge >= 0.3 is 0 Å². The lowest BCUT2D eigenvalue weighted by Gasteiger charge is -2.29. The van der Waals surface area contributed by atoms with Gasteiger partial charge in [-0.25, -0.2) is 4.39 Å². The second-order valence-corrected chi connectivity index (χ2v) is 5.53. The van der Waals surface area contributed by atoms with Gasteiger partial charge in [-0.3, -0.25) is 4.79 Å². The Kier molecular flexibility index (Phi) is 5.10. The number of hydrogen-bond donors (Lipinski definition) is 1. The first-order chi connectivity index (χ1) is 10.1. The predicted octanol–water partition coefficient (Wildman–Crippen LogP) is 3.43. The largest absolute Gasteiger partial charge is 0.348 e. The molecule has 1 aliphatic rings. The predicted molar refractivity (Wildman–Crippen MR) is 79.6 cm³/mol. The number of halogens is 1. The molecule has 0 heterocycles. The molecule has 4 heteroatoms. The molecule has 1 aliphatic carbocycles. The number of rotatable bonds is 3. The van der Waals surface area contributed by atoms with Crippen molar-refractivity contribution in [3.63, 3.8) is 0 Å². The molecule has 2 rings (SSSR count). The van der Waals surface area contributed by atoms with Crippen molar-refractivity contribution in [3.8, 4) is 6.07 Å². The van der Waals surface area contributed by atoms with E-state index in [0.717, 1.165) is 19.3 Å². The molecule has 0 spiro atoms. The van der Waals surface area contributed by atoms with Crippen molar-refractivity contribution in [1.29, 1.82) is 5.26 Å². The summed E-state index contributed by atoms with van der Waals surface area (Å²) in [4.78, 5) is 12.2. The number of nitriles is 1. The van der Waals surface area contributed by atoms with Gasteiger partial charge < -0.3 is 5.32 Å². The van der Waals surface area contributed by atoms with Crippen molar-refractivity contribution in [1.82, 2.24) is 5.32 Å². The summed E-state index contributed by atoms with van der Waals surface area (Å²) < 4.78 is 13.6. The van der Waals surface area contributed by atoms with E-state index < -0.39 is 11.7 Å². The summed E-state index contributed by atoms with van der Waals surface area (Å²) in [7, 11) is 0. The Balaban J connectivity index is 2.12. The van der Waals surface area contributed by atoms with Gasteiger partial charge in [0.1, 0.15) is 17.5 Å². The summed E-state index contributed by atoms with van der Waals surface area (Å²) in [5, 5.41) is 12.0. The zero-order valence-electron chi connectivity index (χ0n) is 12.1. The monoisotopic (exact) mass is 286 g/mol. The van der Waals surface area contributed by atoms with Gasteiger partial charge in [0.15, 0.2) is 0 Å². The first-order valence-corrected chi connectivity index (χ1v) is 7.29. The minimum Gasteiger partial charge on any atom is -0.348 e. The van der Waals surface area contributed by atoms with E-state index in [0.29, 0.717) is 5.92 Å². The molecule has 0 unspecified atom stereocenters. The van der Waals surface area contributed by atoms with Crippen LogP contribution in [0, 0.1) is 23.1 Å². The van der Waals surface area contributed by atoms with Gasteiger partial charge in [0.25, 0.3) is 5.91 Å². The van der Waals surface area contributed by atoms with Crippen molar-refractivity contribution in [2.75, 3.05) is 0 Å². The Hall–Kier alpha value is -2.15. The van der Waals surface area contributed by atoms with Crippen LogP contribution in [0.4, 0.5) is 4.39 Å². The van der Waals surface area contributed by atoms with E-state index in [1.807, 2.05) is 6.07 Å². The van der Waals surface area contributed by atoms with Crippen LogP contribution in [0.5, 0.6) is 0 Å². The fourth-order valence-corrected chi connectivity index (χ4v) is 2.67. The van der Waals surface area contributed by atoms with E-state index in [-0.39, 0.29) is 17.2 Å². The standard InChI is InChI=1S/C17H19FN2O/c1-12-6-2-5-9-16(12)20-17(21)14(11-19)10-13-7-3-4-8-15(13)18/h3-4,7-8,10,12,16H,2,5-6,9H2,1H3,(H,20,21)/b14-10+/t12-,16-/m0/s1. The number of benzene rings is 1. The molecule has 3 nitrogen and oxygen atoms in total. The van der Waals surface area contributed by atoms with Crippen molar-refractivity contribution >= 4 is 12.0 Å². The minimum atomic E-state index is -0.441. The molecule has 0 aromatic heterocycles. The van der Waals surface area contributed by atoms with E-state index in [2.05, 4.69) is 12.2 Å². The molecule has 1 aromatic carbocycles. The van der Waals surface area contributed by atoms with Crippen LogP contribution in [0.2, 0.25) is 0 Å². The number of nitrogens with zero attached hydrogens (tertiary/aromatic N) is 1. The first kappa shape index (κ1) is 15.2. The molecule has 2 atom stereocenters. The lowest BCUT2D eigenvalue weighted by molar-refractivity contribution is -0.118. The van der Waals surface area contributed by atoms with Gasteiger partial charge in [-0.05, 0) is 30.9 Å². The maximum absolute atomic E-state index is 13.6. The molecule has 0 saturated heterocycles. The highest BCUT2D eigenvalue weighted by atomic mass is 19.1. The summed E-state index contributed by atoms with van der Waals surface area (Å²) in [6, 6.07) is 8.06. The normalized spacial score (nSPS) is 22.4. The van der Waals surface area contributed by atoms with Crippen LogP contribution in [-0.4, -0.2) is 11.9 Å². The van der Waals surface area contributed by atoms with Gasteiger partial charge in [-0.15, -0.1) is 0 Å². The second-order valence-electron chi connectivity index (χ2n) is 5.53. The average molecular weight is 286 g/mol. The van der Waals surface area contributed by atoms with Crippen molar-refractivity contribution in [2.24, 2.45) is 5.92 Å². The van der Waals surface area contributed by atoms with Crippen molar-refractivity contribution < 1.29 is 9.18 Å². The lowest BCUT2D eigenvalue weighted by Crippen LogP contribution is -2.41. The minimum absolute atomic E-state index is 0.0575. The van der Waals surface area contributed by atoms with Crippen LogP contribution in [0.15, 0.2) is 29.8 Å². The van der Waals surface area contributed by atoms with Crippen molar-refractivity contribution in [2.45, 2.75) is 38.6 Å². The molecule has 1 amide bonds. The first-order valence-electron chi connectivity index (χ1n) is 7.29. The molecule has 1 N–H and O–H groups in total. The van der Waals surface area contributed by atoms with Crippen LogP contribution in [0.1, 0.15) is 38.2 Å². The Morgan fingerprint density at radius 3 is 2.76 bits per heavy atom. The average Bonchev–Trinajstić information content (AvgIpc) is 2.48. The number of carbonyl (C=O) groups excluding carboxylic acids is 1. The molecular weight excluding hydrogens is 267 g/mol. The summed E-state index contributed by atoms with van der Waals surface area (Å²) in [5.74, 6) is -0.445. The zero-order chi connectivity index (χ0) is 15.2. The van der Waals surface area contributed by atoms with E-state index in [1.165, 1.54) is 18.6 Å². The van der Waals surface area contributed by atoms with Crippen LogP contribution in [0.3, 0.4) is 0 Å². The van der Waals surface area contributed by atoms with Gasteiger partial charge in [-0.1, -0.05) is 38.0 Å². The Labute approximate surface area is 124 Å². The highest BCUT2D eigenvalue weighted by molar-refractivity contribution is 6.01. The Morgan fingerprint density at radius 1 is 1.38 bits per heavy atom. The maximum Gasteiger partial charge on any atom is 0.262 e. The van der Waals surface area contributed by atoms with Gasteiger partial charge in [0.05, 0.1) is 0 Å². The SMILES string of the molecule is C[C@H]1CCCC[C@@H]1NC(=O)/C(C#N)=C/c1ccccc1F.